The number of rotatable bonds is 5. The van der Waals surface area contributed by atoms with Gasteiger partial charge in [-0.05, 0) is 50.3 Å². The summed E-state index contributed by atoms with van der Waals surface area (Å²) in [4.78, 5) is 6.75. The van der Waals surface area contributed by atoms with E-state index in [-0.39, 0.29) is 6.04 Å². The van der Waals surface area contributed by atoms with Gasteiger partial charge in [0.2, 0.25) is 0 Å². The van der Waals surface area contributed by atoms with E-state index in [1.807, 2.05) is 25.1 Å². The van der Waals surface area contributed by atoms with Crippen molar-refractivity contribution in [2.45, 2.75) is 51.7 Å². The van der Waals surface area contributed by atoms with Crippen molar-refractivity contribution in [3.63, 3.8) is 0 Å². The molecule has 0 atom stereocenters. The first-order chi connectivity index (χ1) is 10.9. The Labute approximate surface area is 138 Å². The molecule has 124 valence electrons. The average Bonchev–Trinajstić information content (AvgIpc) is 2.44. The third kappa shape index (κ3) is 3.42. The maximum atomic E-state index is 10.0. The van der Waals surface area contributed by atoms with Crippen LogP contribution in [0.1, 0.15) is 45.6 Å². The van der Waals surface area contributed by atoms with Gasteiger partial charge in [0.1, 0.15) is 11.6 Å². The molecule has 2 aliphatic rings. The van der Waals surface area contributed by atoms with E-state index >= 15 is 0 Å². The molecule has 1 aliphatic heterocycles. The molecule has 0 amide bonds. The van der Waals surface area contributed by atoms with E-state index in [0.29, 0.717) is 12.5 Å². The van der Waals surface area contributed by atoms with Crippen LogP contribution in [0.4, 0.5) is 5.82 Å². The molecular formula is C19H26N2O2. The number of pyridine rings is 1. The van der Waals surface area contributed by atoms with Crippen molar-refractivity contribution in [1.82, 2.24) is 4.98 Å². The van der Waals surface area contributed by atoms with Gasteiger partial charge < -0.3 is 14.7 Å². The van der Waals surface area contributed by atoms with Gasteiger partial charge in [0.05, 0.1) is 18.4 Å². The van der Waals surface area contributed by atoms with Crippen LogP contribution in [0.5, 0.6) is 5.75 Å². The van der Waals surface area contributed by atoms with Gasteiger partial charge in [0.25, 0.3) is 0 Å². The zero-order chi connectivity index (χ0) is 16.6. The molecule has 0 bridgehead atoms. The van der Waals surface area contributed by atoms with E-state index in [0.717, 1.165) is 42.1 Å². The largest absolute Gasteiger partial charge is 0.492 e. The summed E-state index contributed by atoms with van der Waals surface area (Å²) in [7, 11) is 0. The first-order valence-corrected chi connectivity index (χ1v) is 8.37. The van der Waals surface area contributed by atoms with Crippen LogP contribution >= 0.6 is 0 Å². The molecule has 1 aromatic heterocycles. The molecule has 0 aromatic carbocycles. The second kappa shape index (κ2) is 6.00. The first-order valence-electron chi connectivity index (χ1n) is 8.37. The summed E-state index contributed by atoms with van der Waals surface area (Å²) >= 11 is 0. The molecule has 4 heteroatoms. The number of aromatic nitrogens is 1. The number of nitrogens with zero attached hydrogens (tertiary/aromatic N) is 2. The zero-order valence-corrected chi connectivity index (χ0v) is 14.2. The smallest absolute Gasteiger partial charge is 0.140 e. The number of hydrogen-bond donors (Lipinski definition) is 1. The van der Waals surface area contributed by atoms with E-state index < -0.39 is 5.60 Å². The fraction of sp³-hybridized carbons (Fsp3) is 0.526. The SMILES string of the molecule is C=C1C=Cc2cc(OCCC(C)C)cnc2N1[C@H]1C[C@@](C)(O)C1. The second-order valence-corrected chi connectivity index (χ2v) is 7.37. The molecule has 4 nitrogen and oxygen atoms in total. The third-order valence-electron chi connectivity index (χ3n) is 4.54. The van der Waals surface area contributed by atoms with E-state index in [1.165, 1.54) is 0 Å². The van der Waals surface area contributed by atoms with E-state index in [2.05, 4.69) is 30.3 Å². The first kappa shape index (κ1) is 16.1. The molecular weight excluding hydrogens is 288 g/mol. The van der Waals surface area contributed by atoms with Gasteiger partial charge in [-0.25, -0.2) is 4.98 Å². The number of hydrogen-bond acceptors (Lipinski definition) is 4. The monoisotopic (exact) mass is 314 g/mol. The molecule has 0 unspecified atom stereocenters. The van der Waals surface area contributed by atoms with Crippen LogP contribution in [0.3, 0.4) is 0 Å². The summed E-state index contributed by atoms with van der Waals surface area (Å²) in [6.07, 6.45) is 8.35. The minimum atomic E-state index is -0.563. The Morgan fingerprint density at radius 3 is 2.83 bits per heavy atom. The highest BCUT2D eigenvalue weighted by Gasteiger charge is 2.43. The molecule has 1 N–H and O–H groups in total. The highest BCUT2D eigenvalue weighted by molar-refractivity contribution is 5.74. The van der Waals surface area contributed by atoms with Crippen LogP contribution in [0.15, 0.2) is 30.6 Å². The molecule has 0 radical (unpaired) electrons. The van der Waals surface area contributed by atoms with Crippen molar-refractivity contribution < 1.29 is 9.84 Å². The molecule has 0 spiro atoms. The van der Waals surface area contributed by atoms with Crippen molar-refractivity contribution in [2.75, 3.05) is 11.5 Å². The van der Waals surface area contributed by atoms with Crippen LogP contribution in [0.25, 0.3) is 6.08 Å². The number of anilines is 1. The van der Waals surface area contributed by atoms with Gasteiger partial charge in [-0.15, -0.1) is 0 Å². The number of fused-ring (bicyclic) bond motifs is 1. The lowest BCUT2D eigenvalue weighted by atomic mass is 9.76. The molecule has 1 aliphatic carbocycles. The Morgan fingerprint density at radius 2 is 2.17 bits per heavy atom. The van der Waals surface area contributed by atoms with Crippen molar-refractivity contribution in [3.05, 3.63) is 36.2 Å². The van der Waals surface area contributed by atoms with Crippen molar-refractivity contribution in [1.29, 1.82) is 0 Å². The molecule has 1 saturated carbocycles. The molecule has 2 heterocycles. The van der Waals surface area contributed by atoms with E-state index in [9.17, 15) is 5.11 Å². The van der Waals surface area contributed by atoms with E-state index in [4.69, 9.17) is 4.74 Å². The van der Waals surface area contributed by atoms with Crippen LogP contribution in [0.2, 0.25) is 0 Å². The predicted molar refractivity (Wildman–Crippen MR) is 93.5 cm³/mol. The Bertz CT molecular complexity index is 626. The molecule has 1 aromatic rings. The minimum Gasteiger partial charge on any atom is -0.492 e. The molecule has 3 rings (SSSR count). The lowest BCUT2D eigenvalue weighted by molar-refractivity contribution is -0.0294. The fourth-order valence-electron chi connectivity index (χ4n) is 3.22. The highest BCUT2D eigenvalue weighted by atomic mass is 16.5. The molecule has 1 fully saturated rings. The van der Waals surface area contributed by atoms with Gasteiger partial charge in [0, 0.05) is 17.3 Å². The standard InChI is InChI=1S/C19H26N2O2/c1-13(2)7-8-23-17-9-15-6-5-14(3)21(18(15)20-12-17)16-10-19(4,22)11-16/h5-6,9,12-13,16,22H,3,7-8,10-11H2,1-2,4H3/t16-,19+. The maximum Gasteiger partial charge on any atom is 0.140 e. The van der Waals surface area contributed by atoms with E-state index in [1.54, 1.807) is 6.20 Å². The van der Waals surface area contributed by atoms with Crippen LogP contribution in [-0.4, -0.2) is 28.3 Å². The Morgan fingerprint density at radius 1 is 1.43 bits per heavy atom. The van der Waals surface area contributed by atoms with Crippen LogP contribution < -0.4 is 9.64 Å². The quantitative estimate of drug-likeness (QED) is 0.898. The Balaban J connectivity index is 1.75. The Kier molecular flexibility index (Phi) is 4.19. The summed E-state index contributed by atoms with van der Waals surface area (Å²) < 4.78 is 5.80. The normalized spacial score (nSPS) is 26.2. The van der Waals surface area contributed by atoms with Gasteiger partial charge in [-0.2, -0.15) is 0 Å². The van der Waals surface area contributed by atoms with Gasteiger partial charge >= 0.3 is 0 Å². The van der Waals surface area contributed by atoms with Crippen molar-refractivity contribution in [3.8, 4) is 5.75 Å². The zero-order valence-electron chi connectivity index (χ0n) is 14.2. The highest BCUT2D eigenvalue weighted by Crippen LogP contribution is 2.42. The number of allylic oxidation sites excluding steroid dienone is 1. The lowest BCUT2D eigenvalue weighted by Gasteiger charge is -2.48. The summed E-state index contributed by atoms with van der Waals surface area (Å²) in [6.45, 7) is 11.1. The summed E-state index contributed by atoms with van der Waals surface area (Å²) in [6, 6.07) is 2.30. The summed E-state index contributed by atoms with van der Waals surface area (Å²) in [5.41, 5.74) is 1.41. The van der Waals surface area contributed by atoms with Crippen molar-refractivity contribution >= 4 is 11.9 Å². The summed E-state index contributed by atoms with van der Waals surface area (Å²) in [5, 5.41) is 10.0. The summed E-state index contributed by atoms with van der Waals surface area (Å²) in [5.74, 6) is 2.35. The second-order valence-electron chi connectivity index (χ2n) is 7.37. The topological polar surface area (TPSA) is 45.6 Å². The minimum absolute atomic E-state index is 0.265. The molecule has 0 saturated heterocycles. The third-order valence-corrected chi connectivity index (χ3v) is 4.54. The van der Waals surface area contributed by atoms with Crippen molar-refractivity contribution in [2.24, 2.45) is 5.92 Å². The predicted octanol–water partition coefficient (Wildman–Crippen LogP) is 3.77. The van der Waals surface area contributed by atoms with Gasteiger partial charge in [0.15, 0.2) is 0 Å². The maximum absolute atomic E-state index is 10.0. The molecule has 23 heavy (non-hydrogen) atoms. The van der Waals surface area contributed by atoms with Crippen LogP contribution in [-0.2, 0) is 0 Å². The van der Waals surface area contributed by atoms with Gasteiger partial charge in [-0.1, -0.05) is 20.4 Å². The number of aliphatic hydroxyl groups is 1. The van der Waals surface area contributed by atoms with Gasteiger partial charge in [-0.3, -0.25) is 0 Å². The fourth-order valence-corrected chi connectivity index (χ4v) is 3.22. The average molecular weight is 314 g/mol. The number of ether oxygens (including phenoxy) is 1. The Hall–Kier alpha value is -1.81. The lowest BCUT2D eigenvalue weighted by Crippen LogP contribution is -2.53. The van der Waals surface area contributed by atoms with Crippen LogP contribution in [0, 0.1) is 5.92 Å².